The molecule has 0 saturated carbocycles. The predicted octanol–water partition coefficient (Wildman–Crippen LogP) is 3.21. The summed E-state index contributed by atoms with van der Waals surface area (Å²) in [5.74, 6) is 2.27. The second-order valence-electron chi connectivity index (χ2n) is 5.66. The van der Waals surface area contributed by atoms with Crippen molar-refractivity contribution < 1.29 is 9.47 Å². The molecule has 1 aliphatic heterocycles. The molecule has 3 nitrogen and oxygen atoms in total. The minimum absolute atomic E-state index is 0.624. The Morgan fingerprint density at radius 1 is 1.35 bits per heavy atom. The molecule has 2 atom stereocenters. The molecule has 1 aromatic carbocycles. The molecule has 0 bridgehead atoms. The van der Waals surface area contributed by atoms with Crippen molar-refractivity contribution >= 4 is 0 Å². The summed E-state index contributed by atoms with van der Waals surface area (Å²) in [6.45, 7) is 8.95. The smallest absolute Gasteiger partial charge is 0.119 e. The minimum atomic E-state index is 0.624. The van der Waals surface area contributed by atoms with Crippen LogP contribution in [0.25, 0.3) is 0 Å². The van der Waals surface area contributed by atoms with Gasteiger partial charge < -0.3 is 14.8 Å². The summed E-state index contributed by atoms with van der Waals surface area (Å²) in [4.78, 5) is 0. The molecule has 1 aliphatic rings. The number of hydrogen-bond donors (Lipinski definition) is 1. The average molecular weight is 277 g/mol. The van der Waals surface area contributed by atoms with Gasteiger partial charge in [-0.3, -0.25) is 0 Å². The van der Waals surface area contributed by atoms with Crippen LogP contribution in [0, 0.1) is 5.92 Å². The molecule has 112 valence electrons. The van der Waals surface area contributed by atoms with E-state index < -0.39 is 0 Å². The summed E-state index contributed by atoms with van der Waals surface area (Å²) in [6.07, 6.45) is 2.36. The fourth-order valence-corrected chi connectivity index (χ4v) is 2.42. The highest BCUT2D eigenvalue weighted by Crippen LogP contribution is 2.21. The maximum atomic E-state index is 5.75. The molecule has 0 radical (unpaired) electrons. The van der Waals surface area contributed by atoms with Gasteiger partial charge in [-0.05, 0) is 42.4 Å². The zero-order valence-corrected chi connectivity index (χ0v) is 12.7. The van der Waals surface area contributed by atoms with Gasteiger partial charge in [-0.15, -0.1) is 0 Å². The lowest BCUT2D eigenvalue weighted by atomic mass is 9.99. The van der Waals surface area contributed by atoms with Gasteiger partial charge in [0.05, 0.1) is 6.61 Å². The Morgan fingerprint density at radius 3 is 2.80 bits per heavy atom. The topological polar surface area (TPSA) is 30.5 Å². The number of nitrogens with one attached hydrogen (secondary N) is 1. The summed E-state index contributed by atoms with van der Waals surface area (Å²) < 4.78 is 11.1. The Labute approximate surface area is 122 Å². The molecule has 1 saturated heterocycles. The normalized spacial score (nSPS) is 20.0. The fourth-order valence-electron chi connectivity index (χ4n) is 2.42. The summed E-state index contributed by atoms with van der Waals surface area (Å²) in [6, 6.07) is 8.50. The second kappa shape index (κ2) is 8.28. The lowest BCUT2D eigenvalue weighted by Crippen LogP contribution is -2.27. The Balaban J connectivity index is 1.61. The van der Waals surface area contributed by atoms with Crippen LogP contribution >= 0.6 is 0 Å². The summed E-state index contributed by atoms with van der Waals surface area (Å²) in [5, 5.41) is 3.43. The largest absolute Gasteiger partial charge is 0.492 e. The van der Waals surface area contributed by atoms with Crippen LogP contribution in [0.2, 0.25) is 0 Å². The minimum Gasteiger partial charge on any atom is -0.492 e. The van der Waals surface area contributed by atoms with Crippen LogP contribution in [0.1, 0.15) is 38.2 Å². The SMILES string of the molecule is CCC(C)c1ccc(OCCNCC2CCOC2)cc1. The van der Waals surface area contributed by atoms with Crippen LogP contribution in [-0.4, -0.2) is 32.9 Å². The quantitative estimate of drug-likeness (QED) is 0.740. The van der Waals surface area contributed by atoms with Crippen molar-refractivity contribution in [2.24, 2.45) is 5.92 Å². The third-order valence-electron chi connectivity index (χ3n) is 4.07. The lowest BCUT2D eigenvalue weighted by molar-refractivity contribution is 0.185. The molecule has 1 aromatic rings. The van der Waals surface area contributed by atoms with Crippen LogP contribution in [0.5, 0.6) is 5.75 Å². The van der Waals surface area contributed by atoms with E-state index in [9.17, 15) is 0 Å². The van der Waals surface area contributed by atoms with E-state index in [1.54, 1.807) is 0 Å². The average Bonchev–Trinajstić information content (AvgIpc) is 3.00. The molecule has 2 rings (SSSR count). The van der Waals surface area contributed by atoms with Crippen LogP contribution in [-0.2, 0) is 4.74 Å². The number of hydrogen-bond acceptors (Lipinski definition) is 3. The Morgan fingerprint density at radius 2 is 2.15 bits per heavy atom. The van der Waals surface area contributed by atoms with E-state index in [-0.39, 0.29) is 0 Å². The highest BCUT2D eigenvalue weighted by Gasteiger charge is 2.14. The third-order valence-corrected chi connectivity index (χ3v) is 4.07. The molecule has 2 unspecified atom stereocenters. The lowest BCUT2D eigenvalue weighted by Gasteiger charge is -2.12. The van der Waals surface area contributed by atoms with Gasteiger partial charge in [0.25, 0.3) is 0 Å². The van der Waals surface area contributed by atoms with Gasteiger partial charge in [-0.1, -0.05) is 26.0 Å². The van der Waals surface area contributed by atoms with Gasteiger partial charge in [0, 0.05) is 19.7 Å². The van der Waals surface area contributed by atoms with Crippen molar-refractivity contribution in [3.63, 3.8) is 0 Å². The van der Waals surface area contributed by atoms with Crippen molar-refractivity contribution in [3.8, 4) is 5.75 Å². The molecule has 1 N–H and O–H groups in total. The number of ether oxygens (including phenoxy) is 2. The van der Waals surface area contributed by atoms with Crippen molar-refractivity contribution in [1.82, 2.24) is 5.32 Å². The summed E-state index contributed by atoms with van der Waals surface area (Å²) in [7, 11) is 0. The van der Waals surface area contributed by atoms with Crippen LogP contribution < -0.4 is 10.1 Å². The first kappa shape index (κ1) is 15.3. The summed E-state index contributed by atoms with van der Waals surface area (Å²) in [5.41, 5.74) is 1.39. The van der Waals surface area contributed by atoms with Crippen LogP contribution in [0.3, 0.4) is 0 Å². The molecule has 0 spiro atoms. The highest BCUT2D eigenvalue weighted by molar-refractivity contribution is 5.29. The molecular weight excluding hydrogens is 250 g/mol. The molecule has 3 heteroatoms. The van der Waals surface area contributed by atoms with Crippen molar-refractivity contribution in [1.29, 1.82) is 0 Å². The molecule has 0 amide bonds. The number of benzene rings is 1. The van der Waals surface area contributed by atoms with E-state index in [1.807, 2.05) is 0 Å². The van der Waals surface area contributed by atoms with Crippen LogP contribution in [0.15, 0.2) is 24.3 Å². The Kier molecular flexibility index (Phi) is 6.34. The van der Waals surface area contributed by atoms with Gasteiger partial charge in [0.15, 0.2) is 0 Å². The van der Waals surface area contributed by atoms with E-state index in [4.69, 9.17) is 9.47 Å². The van der Waals surface area contributed by atoms with Crippen molar-refractivity contribution in [2.75, 3.05) is 32.9 Å². The second-order valence-corrected chi connectivity index (χ2v) is 5.66. The first-order valence-electron chi connectivity index (χ1n) is 7.80. The Hall–Kier alpha value is -1.06. The standard InChI is InChI=1S/C17H27NO2/c1-3-14(2)16-4-6-17(7-5-16)20-11-9-18-12-15-8-10-19-13-15/h4-7,14-15,18H,3,8-13H2,1-2H3. The molecule has 0 aliphatic carbocycles. The maximum absolute atomic E-state index is 5.75. The number of rotatable bonds is 8. The molecule has 1 heterocycles. The van der Waals surface area contributed by atoms with Gasteiger partial charge in [0.2, 0.25) is 0 Å². The van der Waals surface area contributed by atoms with Gasteiger partial charge in [0.1, 0.15) is 12.4 Å². The Bertz CT molecular complexity index is 371. The van der Waals surface area contributed by atoms with Gasteiger partial charge in [-0.2, -0.15) is 0 Å². The highest BCUT2D eigenvalue weighted by atomic mass is 16.5. The zero-order chi connectivity index (χ0) is 14.2. The van der Waals surface area contributed by atoms with Crippen LogP contribution in [0.4, 0.5) is 0 Å². The molecule has 1 fully saturated rings. The van der Waals surface area contributed by atoms with E-state index in [1.165, 1.54) is 18.4 Å². The van der Waals surface area contributed by atoms with Crippen molar-refractivity contribution in [2.45, 2.75) is 32.6 Å². The first-order chi connectivity index (χ1) is 9.79. The van der Waals surface area contributed by atoms with E-state index in [0.717, 1.165) is 38.7 Å². The van der Waals surface area contributed by atoms with Gasteiger partial charge >= 0.3 is 0 Å². The van der Waals surface area contributed by atoms with E-state index >= 15 is 0 Å². The summed E-state index contributed by atoms with van der Waals surface area (Å²) >= 11 is 0. The van der Waals surface area contributed by atoms with Gasteiger partial charge in [-0.25, -0.2) is 0 Å². The maximum Gasteiger partial charge on any atom is 0.119 e. The van der Waals surface area contributed by atoms with Crippen molar-refractivity contribution in [3.05, 3.63) is 29.8 Å². The first-order valence-corrected chi connectivity index (χ1v) is 7.80. The van der Waals surface area contributed by atoms with E-state index in [0.29, 0.717) is 11.8 Å². The van der Waals surface area contributed by atoms with E-state index in [2.05, 4.69) is 43.4 Å². The zero-order valence-electron chi connectivity index (χ0n) is 12.7. The molecule has 0 aromatic heterocycles. The predicted molar refractivity (Wildman–Crippen MR) is 82.4 cm³/mol. The molecule has 20 heavy (non-hydrogen) atoms. The third kappa shape index (κ3) is 4.80. The monoisotopic (exact) mass is 277 g/mol. The molecular formula is C17H27NO2. The fraction of sp³-hybridized carbons (Fsp3) is 0.647.